The Hall–Kier alpha value is -2.33. The third kappa shape index (κ3) is 5.60. The Bertz CT molecular complexity index is 933. The van der Waals surface area contributed by atoms with Gasteiger partial charge in [0.1, 0.15) is 5.75 Å². The SMILES string of the molecule is CC(N=Cc1cc(Cl)cc(Cl)c1O)C(O)(Cc1ccccc1)Cc1ccccc1. The summed E-state index contributed by atoms with van der Waals surface area (Å²) < 4.78 is 0. The van der Waals surface area contributed by atoms with Crippen molar-refractivity contribution in [1.82, 2.24) is 0 Å². The zero-order chi connectivity index (χ0) is 20.9. The van der Waals surface area contributed by atoms with Crippen LogP contribution in [0, 0.1) is 0 Å². The third-order valence-electron chi connectivity index (χ3n) is 4.98. The van der Waals surface area contributed by atoms with Crippen LogP contribution in [-0.2, 0) is 12.8 Å². The van der Waals surface area contributed by atoms with Gasteiger partial charge >= 0.3 is 0 Å². The van der Waals surface area contributed by atoms with Crippen molar-refractivity contribution >= 4 is 29.4 Å². The Kier molecular flexibility index (Phi) is 6.96. The topological polar surface area (TPSA) is 52.8 Å². The maximum absolute atomic E-state index is 11.6. The lowest BCUT2D eigenvalue weighted by Gasteiger charge is -2.32. The van der Waals surface area contributed by atoms with E-state index in [1.165, 1.54) is 12.3 Å². The van der Waals surface area contributed by atoms with Gasteiger partial charge in [-0.1, -0.05) is 83.9 Å². The van der Waals surface area contributed by atoms with Crippen LogP contribution in [0.1, 0.15) is 23.6 Å². The van der Waals surface area contributed by atoms with Crippen molar-refractivity contribution in [1.29, 1.82) is 0 Å². The number of rotatable bonds is 7. The Balaban J connectivity index is 1.90. The molecule has 1 atom stereocenters. The smallest absolute Gasteiger partial charge is 0.143 e. The molecule has 0 heterocycles. The molecule has 29 heavy (non-hydrogen) atoms. The summed E-state index contributed by atoms with van der Waals surface area (Å²) in [4.78, 5) is 4.55. The lowest BCUT2D eigenvalue weighted by Crippen LogP contribution is -2.44. The van der Waals surface area contributed by atoms with Gasteiger partial charge in [0.25, 0.3) is 0 Å². The highest BCUT2D eigenvalue weighted by molar-refractivity contribution is 6.36. The van der Waals surface area contributed by atoms with Gasteiger partial charge in [0.05, 0.1) is 16.7 Å². The first kappa shape index (κ1) is 21.4. The van der Waals surface area contributed by atoms with Crippen LogP contribution in [0.15, 0.2) is 77.8 Å². The van der Waals surface area contributed by atoms with E-state index in [-0.39, 0.29) is 10.8 Å². The second kappa shape index (κ2) is 9.45. The normalized spacial score (nSPS) is 13.0. The first-order valence-electron chi connectivity index (χ1n) is 9.39. The van der Waals surface area contributed by atoms with Crippen LogP contribution in [0.3, 0.4) is 0 Å². The largest absolute Gasteiger partial charge is 0.506 e. The predicted octanol–water partition coefficient (Wildman–Crippen LogP) is 5.72. The molecule has 0 radical (unpaired) electrons. The number of hydrogen-bond donors (Lipinski definition) is 2. The predicted molar refractivity (Wildman–Crippen MR) is 120 cm³/mol. The molecule has 3 aromatic rings. The van der Waals surface area contributed by atoms with E-state index in [1.54, 1.807) is 6.07 Å². The van der Waals surface area contributed by atoms with Crippen molar-refractivity contribution in [2.75, 3.05) is 0 Å². The van der Waals surface area contributed by atoms with E-state index in [0.717, 1.165) is 11.1 Å². The van der Waals surface area contributed by atoms with Crippen molar-refractivity contribution < 1.29 is 10.2 Å². The Morgan fingerprint density at radius 2 is 1.45 bits per heavy atom. The van der Waals surface area contributed by atoms with Gasteiger partial charge in [-0.05, 0) is 30.2 Å². The number of halogens is 2. The molecule has 0 saturated heterocycles. The second-order valence-electron chi connectivity index (χ2n) is 7.21. The minimum atomic E-state index is -1.11. The summed E-state index contributed by atoms with van der Waals surface area (Å²) in [6, 6.07) is 22.3. The van der Waals surface area contributed by atoms with Crippen LogP contribution in [0.4, 0.5) is 0 Å². The highest BCUT2D eigenvalue weighted by atomic mass is 35.5. The van der Waals surface area contributed by atoms with E-state index < -0.39 is 11.6 Å². The molecule has 0 aliphatic rings. The number of aliphatic imine (C=N–C) groups is 1. The van der Waals surface area contributed by atoms with Gasteiger partial charge in [-0.15, -0.1) is 0 Å². The van der Waals surface area contributed by atoms with Gasteiger partial charge < -0.3 is 10.2 Å². The molecule has 1 unspecified atom stereocenters. The van der Waals surface area contributed by atoms with Crippen LogP contribution >= 0.6 is 23.2 Å². The molecule has 0 fully saturated rings. The van der Waals surface area contributed by atoms with Gasteiger partial charge in [-0.25, -0.2) is 0 Å². The lowest BCUT2D eigenvalue weighted by molar-refractivity contribution is 0.0209. The van der Waals surface area contributed by atoms with E-state index in [4.69, 9.17) is 23.2 Å². The summed E-state index contributed by atoms with van der Waals surface area (Å²) >= 11 is 12.0. The molecule has 0 aliphatic carbocycles. The number of aliphatic hydroxyl groups is 1. The minimum Gasteiger partial charge on any atom is -0.506 e. The van der Waals surface area contributed by atoms with Gasteiger partial charge in [0.2, 0.25) is 0 Å². The molecule has 3 aromatic carbocycles. The summed E-state index contributed by atoms with van der Waals surface area (Å²) in [6.07, 6.45) is 2.41. The van der Waals surface area contributed by atoms with E-state index >= 15 is 0 Å². The van der Waals surface area contributed by atoms with Crippen molar-refractivity contribution in [2.45, 2.75) is 31.4 Å². The summed E-state index contributed by atoms with van der Waals surface area (Å²) in [5.41, 5.74) is 1.36. The van der Waals surface area contributed by atoms with Gasteiger partial charge in [0, 0.05) is 29.6 Å². The van der Waals surface area contributed by atoms with Gasteiger partial charge in [0.15, 0.2) is 0 Å². The molecule has 150 valence electrons. The van der Waals surface area contributed by atoms with Crippen LogP contribution in [0.5, 0.6) is 5.75 Å². The molecular weight excluding hydrogens is 405 g/mol. The number of benzene rings is 3. The quantitative estimate of drug-likeness (QED) is 0.473. The molecule has 0 saturated carbocycles. The van der Waals surface area contributed by atoms with E-state index in [1.807, 2.05) is 67.6 Å². The summed E-state index contributed by atoms with van der Waals surface area (Å²) in [5, 5.41) is 22.3. The number of aromatic hydroxyl groups is 1. The van der Waals surface area contributed by atoms with E-state index in [9.17, 15) is 10.2 Å². The molecular formula is C24H23Cl2NO2. The molecule has 0 aliphatic heterocycles. The van der Waals surface area contributed by atoms with E-state index in [0.29, 0.717) is 23.4 Å². The van der Waals surface area contributed by atoms with Crippen LogP contribution in [0.2, 0.25) is 10.0 Å². The number of nitrogens with zero attached hydrogens (tertiary/aromatic N) is 1. The third-order valence-corrected chi connectivity index (χ3v) is 5.49. The second-order valence-corrected chi connectivity index (χ2v) is 8.05. The zero-order valence-electron chi connectivity index (χ0n) is 16.1. The zero-order valence-corrected chi connectivity index (χ0v) is 17.6. The number of phenols is 1. The van der Waals surface area contributed by atoms with Crippen molar-refractivity contribution in [3.05, 3.63) is 99.5 Å². The standard InChI is InChI=1S/C24H23Cl2NO2/c1-17(27-16-20-12-21(25)13-22(26)23(20)28)24(29,14-18-8-4-2-5-9-18)15-19-10-6-3-7-11-19/h2-13,16-17,28-29H,14-15H2,1H3. The fourth-order valence-electron chi connectivity index (χ4n) is 3.27. The van der Waals surface area contributed by atoms with Gasteiger partial charge in [-0.2, -0.15) is 0 Å². The molecule has 0 spiro atoms. The molecule has 3 nitrogen and oxygen atoms in total. The van der Waals surface area contributed by atoms with Gasteiger partial charge in [-0.3, -0.25) is 4.99 Å². The Morgan fingerprint density at radius 1 is 0.931 bits per heavy atom. The van der Waals surface area contributed by atoms with Crippen molar-refractivity contribution in [2.24, 2.45) is 4.99 Å². The average Bonchev–Trinajstić information content (AvgIpc) is 2.70. The number of hydrogen-bond acceptors (Lipinski definition) is 3. The maximum atomic E-state index is 11.6. The minimum absolute atomic E-state index is 0.0818. The Labute approximate surface area is 181 Å². The summed E-state index contributed by atoms with van der Waals surface area (Å²) in [5.74, 6) is -0.0818. The highest BCUT2D eigenvalue weighted by Crippen LogP contribution is 2.31. The average molecular weight is 428 g/mol. The first-order valence-corrected chi connectivity index (χ1v) is 10.1. The fraction of sp³-hybridized carbons (Fsp3) is 0.208. The maximum Gasteiger partial charge on any atom is 0.143 e. The fourth-order valence-corrected chi connectivity index (χ4v) is 3.78. The Morgan fingerprint density at radius 3 is 1.97 bits per heavy atom. The first-order chi connectivity index (χ1) is 13.9. The van der Waals surface area contributed by atoms with Crippen LogP contribution in [0.25, 0.3) is 0 Å². The molecule has 0 aromatic heterocycles. The van der Waals surface area contributed by atoms with Crippen LogP contribution in [-0.4, -0.2) is 28.1 Å². The highest BCUT2D eigenvalue weighted by Gasteiger charge is 2.34. The molecule has 0 amide bonds. The van der Waals surface area contributed by atoms with Crippen LogP contribution < -0.4 is 0 Å². The number of phenolic OH excluding ortho intramolecular Hbond substituents is 1. The molecule has 0 bridgehead atoms. The van der Waals surface area contributed by atoms with Crippen molar-refractivity contribution in [3.8, 4) is 5.75 Å². The molecule has 3 rings (SSSR count). The monoisotopic (exact) mass is 427 g/mol. The lowest BCUT2D eigenvalue weighted by atomic mass is 9.83. The molecule has 5 heteroatoms. The van der Waals surface area contributed by atoms with E-state index in [2.05, 4.69) is 4.99 Å². The molecule has 2 N–H and O–H groups in total. The van der Waals surface area contributed by atoms with Crippen molar-refractivity contribution in [3.63, 3.8) is 0 Å². The summed E-state index contributed by atoms with van der Waals surface area (Å²) in [6.45, 7) is 1.87. The summed E-state index contributed by atoms with van der Waals surface area (Å²) in [7, 11) is 0.